The summed E-state index contributed by atoms with van der Waals surface area (Å²) < 4.78 is 0. The van der Waals surface area contributed by atoms with Crippen molar-refractivity contribution < 1.29 is 14.7 Å². The third-order valence-electron chi connectivity index (χ3n) is 4.96. The maximum atomic E-state index is 12.3. The van der Waals surface area contributed by atoms with Crippen molar-refractivity contribution in [3.8, 4) is 0 Å². The van der Waals surface area contributed by atoms with E-state index >= 15 is 0 Å². The fraction of sp³-hybridized carbons (Fsp3) is 0.875. The molecule has 1 saturated heterocycles. The molecule has 2 N–H and O–H groups in total. The number of hydrogen-bond donors (Lipinski definition) is 2. The van der Waals surface area contributed by atoms with Crippen molar-refractivity contribution in [2.45, 2.75) is 64.5 Å². The third kappa shape index (κ3) is 3.96. The number of likely N-dealkylation sites (tertiary alicyclic amines) is 1. The summed E-state index contributed by atoms with van der Waals surface area (Å²) in [6, 6.07) is 0.200. The van der Waals surface area contributed by atoms with Crippen molar-refractivity contribution in [2.75, 3.05) is 13.1 Å². The fourth-order valence-corrected chi connectivity index (χ4v) is 3.57. The van der Waals surface area contributed by atoms with Crippen LogP contribution in [0.4, 0.5) is 0 Å². The Morgan fingerprint density at radius 1 is 1.05 bits per heavy atom. The molecule has 1 heterocycles. The van der Waals surface area contributed by atoms with E-state index in [0.717, 1.165) is 32.4 Å². The van der Waals surface area contributed by atoms with Crippen LogP contribution in [0.2, 0.25) is 0 Å². The first-order valence-electron chi connectivity index (χ1n) is 8.07. The number of carboxylic acid groups (broad SMARTS) is 1. The Morgan fingerprint density at radius 2 is 1.62 bits per heavy atom. The van der Waals surface area contributed by atoms with Crippen molar-refractivity contribution in [2.24, 2.45) is 11.8 Å². The molecular weight excluding hydrogens is 268 g/mol. The van der Waals surface area contributed by atoms with E-state index in [0.29, 0.717) is 12.8 Å². The quantitative estimate of drug-likeness (QED) is 0.834. The number of nitrogens with one attached hydrogen (secondary N) is 1. The molecular formula is C16H28N2O3. The zero-order valence-electron chi connectivity index (χ0n) is 13.4. The predicted octanol–water partition coefficient (Wildman–Crippen LogP) is 1.87. The van der Waals surface area contributed by atoms with E-state index in [1.165, 1.54) is 0 Å². The lowest BCUT2D eigenvalue weighted by molar-refractivity contribution is -0.146. The molecule has 21 heavy (non-hydrogen) atoms. The van der Waals surface area contributed by atoms with Gasteiger partial charge in [0.05, 0.1) is 11.8 Å². The van der Waals surface area contributed by atoms with Crippen LogP contribution in [-0.4, -0.2) is 46.6 Å². The standard InChI is InChI=1S/C16H28N2O3/c1-16(2,3)18-9-7-11(8-10-18)17-14(19)12-5-4-6-13(12)15(20)21/h11-13H,4-10H2,1-3H3,(H,17,19)(H,20,21)/t12-,13+/m1/s1. The van der Waals surface area contributed by atoms with E-state index < -0.39 is 11.9 Å². The molecule has 2 fully saturated rings. The molecule has 5 heteroatoms. The molecule has 0 radical (unpaired) electrons. The molecule has 2 rings (SSSR count). The van der Waals surface area contributed by atoms with Gasteiger partial charge in [0, 0.05) is 24.7 Å². The van der Waals surface area contributed by atoms with Gasteiger partial charge in [0.1, 0.15) is 0 Å². The Balaban J connectivity index is 1.83. The molecule has 1 amide bonds. The molecule has 1 saturated carbocycles. The summed E-state index contributed by atoms with van der Waals surface area (Å²) in [6.07, 6.45) is 4.10. The summed E-state index contributed by atoms with van der Waals surface area (Å²) in [5.41, 5.74) is 0.175. The second-order valence-electron chi connectivity index (χ2n) is 7.42. The second-order valence-corrected chi connectivity index (χ2v) is 7.42. The van der Waals surface area contributed by atoms with Crippen LogP contribution >= 0.6 is 0 Å². The van der Waals surface area contributed by atoms with Crippen LogP contribution in [0.25, 0.3) is 0 Å². The Bertz CT molecular complexity index is 395. The minimum atomic E-state index is -0.824. The van der Waals surface area contributed by atoms with Crippen LogP contribution in [0.3, 0.4) is 0 Å². The Morgan fingerprint density at radius 3 is 2.14 bits per heavy atom. The van der Waals surface area contributed by atoms with Gasteiger partial charge in [0.2, 0.25) is 5.91 Å². The van der Waals surface area contributed by atoms with Gasteiger partial charge in [-0.1, -0.05) is 6.42 Å². The highest BCUT2D eigenvalue weighted by Crippen LogP contribution is 2.32. The van der Waals surface area contributed by atoms with Crippen LogP contribution in [0.5, 0.6) is 0 Å². The summed E-state index contributed by atoms with van der Waals surface area (Å²) in [6.45, 7) is 8.61. The fourth-order valence-electron chi connectivity index (χ4n) is 3.57. The maximum absolute atomic E-state index is 12.3. The molecule has 1 aliphatic heterocycles. The first-order chi connectivity index (χ1) is 9.79. The highest BCUT2D eigenvalue weighted by atomic mass is 16.4. The molecule has 0 aromatic rings. The van der Waals surface area contributed by atoms with Crippen LogP contribution in [0.1, 0.15) is 52.9 Å². The number of rotatable bonds is 3. The van der Waals surface area contributed by atoms with Gasteiger partial charge in [0.15, 0.2) is 0 Å². The number of carbonyl (C=O) groups excluding carboxylic acids is 1. The minimum Gasteiger partial charge on any atom is -0.481 e. The lowest BCUT2D eigenvalue weighted by atomic mass is 9.93. The molecule has 0 aromatic carbocycles. The lowest BCUT2D eigenvalue weighted by Gasteiger charge is -2.41. The molecule has 0 unspecified atom stereocenters. The predicted molar refractivity (Wildman–Crippen MR) is 81.0 cm³/mol. The van der Waals surface area contributed by atoms with Crippen LogP contribution in [0, 0.1) is 11.8 Å². The third-order valence-corrected chi connectivity index (χ3v) is 4.96. The summed E-state index contributed by atoms with van der Waals surface area (Å²) in [5, 5.41) is 12.3. The summed E-state index contributed by atoms with van der Waals surface area (Å²) in [7, 11) is 0. The van der Waals surface area contributed by atoms with Gasteiger partial charge in [-0.25, -0.2) is 0 Å². The zero-order valence-corrected chi connectivity index (χ0v) is 13.4. The van der Waals surface area contributed by atoms with Crippen LogP contribution < -0.4 is 5.32 Å². The molecule has 5 nitrogen and oxygen atoms in total. The number of nitrogens with zero attached hydrogens (tertiary/aromatic N) is 1. The average molecular weight is 296 g/mol. The smallest absolute Gasteiger partial charge is 0.307 e. The SMILES string of the molecule is CC(C)(C)N1CCC(NC(=O)[C@@H]2CCC[C@@H]2C(=O)O)CC1. The van der Waals surface area contributed by atoms with Gasteiger partial charge in [-0.05, 0) is 46.5 Å². The number of amides is 1. The molecule has 120 valence electrons. The number of carboxylic acids is 1. The highest BCUT2D eigenvalue weighted by Gasteiger charge is 2.38. The van der Waals surface area contributed by atoms with E-state index in [-0.39, 0.29) is 23.4 Å². The summed E-state index contributed by atoms with van der Waals surface area (Å²) >= 11 is 0. The number of carbonyl (C=O) groups is 2. The van der Waals surface area contributed by atoms with Gasteiger partial charge < -0.3 is 10.4 Å². The Kier molecular flexibility index (Phi) is 4.91. The zero-order chi connectivity index (χ0) is 15.6. The first kappa shape index (κ1) is 16.3. The van der Waals surface area contributed by atoms with Crippen LogP contribution in [-0.2, 0) is 9.59 Å². The Hall–Kier alpha value is -1.10. The van der Waals surface area contributed by atoms with E-state index in [1.807, 2.05) is 0 Å². The monoisotopic (exact) mass is 296 g/mol. The lowest BCUT2D eigenvalue weighted by Crippen LogP contribution is -2.51. The summed E-state index contributed by atoms with van der Waals surface area (Å²) in [5.74, 6) is -1.69. The molecule has 2 atom stereocenters. The summed E-state index contributed by atoms with van der Waals surface area (Å²) in [4.78, 5) is 25.9. The molecule has 1 aliphatic carbocycles. The van der Waals surface area contributed by atoms with E-state index in [1.54, 1.807) is 0 Å². The van der Waals surface area contributed by atoms with Gasteiger partial charge in [-0.3, -0.25) is 14.5 Å². The van der Waals surface area contributed by atoms with Gasteiger partial charge in [0.25, 0.3) is 0 Å². The van der Waals surface area contributed by atoms with Crippen molar-refractivity contribution in [1.82, 2.24) is 10.2 Å². The number of aliphatic carboxylic acids is 1. The van der Waals surface area contributed by atoms with Crippen molar-refractivity contribution in [3.63, 3.8) is 0 Å². The molecule has 0 spiro atoms. The maximum Gasteiger partial charge on any atom is 0.307 e. The van der Waals surface area contributed by atoms with E-state index in [9.17, 15) is 14.7 Å². The first-order valence-corrected chi connectivity index (χ1v) is 8.07. The van der Waals surface area contributed by atoms with E-state index in [4.69, 9.17) is 0 Å². The number of piperidine rings is 1. The normalized spacial score (nSPS) is 28.5. The van der Waals surface area contributed by atoms with Gasteiger partial charge >= 0.3 is 5.97 Å². The molecule has 0 aromatic heterocycles. The molecule has 2 aliphatic rings. The van der Waals surface area contributed by atoms with E-state index in [2.05, 4.69) is 31.0 Å². The second kappa shape index (κ2) is 6.34. The highest BCUT2D eigenvalue weighted by molar-refractivity contribution is 5.85. The molecule has 0 bridgehead atoms. The average Bonchev–Trinajstić information content (AvgIpc) is 2.87. The minimum absolute atomic E-state index is 0.0471. The van der Waals surface area contributed by atoms with Crippen molar-refractivity contribution >= 4 is 11.9 Å². The van der Waals surface area contributed by atoms with Crippen molar-refractivity contribution in [1.29, 1.82) is 0 Å². The van der Waals surface area contributed by atoms with Crippen molar-refractivity contribution in [3.05, 3.63) is 0 Å². The number of hydrogen-bond acceptors (Lipinski definition) is 3. The van der Waals surface area contributed by atoms with Gasteiger partial charge in [-0.2, -0.15) is 0 Å². The van der Waals surface area contributed by atoms with Gasteiger partial charge in [-0.15, -0.1) is 0 Å². The van der Waals surface area contributed by atoms with Crippen LogP contribution in [0.15, 0.2) is 0 Å². The Labute approximate surface area is 127 Å². The largest absolute Gasteiger partial charge is 0.481 e. The topological polar surface area (TPSA) is 69.6 Å².